The fourth-order valence-corrected chi connectivity index (χ4v) is 1.58. The van der Waals surface area contributed by atoms with Crippen molar-refractivity contribution in [2.75, 3.05) is 13.7 Å². The van der Waals surface area contributed by atoms with Crippen LogP contribution in [0.25, 0.3) is 0 Å². The Labute approximate surface area is 92.2 Å². The summed E-state index contributed by atoms with van der Waals surface area (Å²) in [6.45, 7) is 9.12. The van der Waals surface area contributed by atoms with E-state index in [2.05, 4.69) is 0 Å². The summed E-state index contributed by atoms with van der Waals surface area (Å²) in [5.74, 6) is -0.0981. The van der Waals surface area contributed by atoms with Gasteiger partial charge in [0.15, 0.2) is 5.78 Å². The number of methoxy groups -OCH3 is 1. The lowest BCUT2D eigenvalue weighted by Gasteiger charge is -2.31. The van der Waals surface area contributed by atoms with E-state index in [9.17, 15) is 9.59 Å². The summed E-state index contributed by atoms with van der Waals surface area (Å²) in [6, 6.07) is 0. The predicted molar refractivity (Wildman–Crippen MR) is 59.7 cm³/mol. The molecule has 0 bridgehead atoms. The van der Waals surface area contributed by atoms with Gasteiger partial charge in [0.1, 0.15) is 5.78 Å². The minimum Gasteiger partial charge on any atom is -0.385 e. The molecule has 0 N–H and O–H groups in total. The molecule has 0 fully saturated rings. The second-order valence-corrected chi connectivity index (χ2v) is 5.21. The van der Waals surface area contributed by atoms with Gasteiger partial charge in [0.05, 0.1) is 5.41 Å². The van der Waals surface area contributed by atoms with Gasteiger partial charge in [-0.25, -0.2) is 0 Å². The Morgan fingerprint density at radius 3 is 1.87 bits per heavy atom. The van der Waals surface area contributed by atoms with E-state index in [1.807, 2.05) is 20.8 Å². The van der Waals surface area contributed by atoms with Gasteiger partial charge in [0.25, 0.3) is 0 Å². The van der Waals surface area contributed by atoms with Crippen LogP contribution in [0, 0.1) is 10.8 Å². The molecule has 0 aromatic carbocycles. The Hall–Kier alpha value is -0.700. The van der Waals surface area contributed by atoms with Crippen LogP contribution >= 0.6 is 0 Å². The van der Waals surface area contributed by atoms with Crippen LogP contribution in [0.4, 0.5) is 0 Å². The Kier molecular flexibility index (Phi) is 4.65. The van der Waals surface area contributed by atoms with Crippen molar-refractivity contribution in [2.45, 2.75) is 41.0 Å². The molecule has 88 valence electrons. The maximum absolute atomic E-state index is 12.2. The molecular formula is C12H22O3. The summed E-state index contributed by atoms with van der Waals surface area (Å²) < 4.78 is 4.95. The molecule has 0 aliphatic heterocycles. The van der Waals surface area contributed by atoms with Crippen LogP contribution in [0.1, 0.15) is 41.0 Å². The molecule has 0 aliphatic carbocycles. The van der Waals surface area contributed by atoms with Crippen molar-refractivity contribution in [2.24, 2.45) is 10.8 Å². The first-order chi connectivity index (χ1) is 6.66. The van der Waals surface area contributed by atoms with Crippen LogP contribution in [0.15, 0.2) is 0 Å². The third kappa shape index (κ3) is 3.42. The summed E-state index contributed by atoms with van der Waals surface area (Å²) in [6.07, 6.45) is 0.453. The van der Waals surface area contributed by atoms with E-state index in [1.165, 1.54) is 6.92 Å². The number of Topliss-reactive ketones (excluding diaryl/α,β-unsaturated/α-hetero) is 2. The van der Waals surface area contributed by atoms with Crippen molar-refractivity contribution in [1.29, 1.82) is 0 Å². The molecule has 1 atom stereocenters. The lowest BCUT2D eigenvalue weighted by atomic mass is 9.69. The third-order valence-corrected chi connectivity index (χ3v) is 2.77. The summed E-state index contributed by atoms with van der Waals surface area (Å²) in [4.78, 5) is 23.7. The zero-order valence-electron chi connectivity index (χ0n) is 10.6. The minimum absolute atomic E-state index is 0.0143. The van der Waals surface area contributed by atoms with Gasteiger partial charge in [-0.05, 0) is 20.3 Å². The number of ketones is 2. The highest BCUT2D eigenvalue weighted by Gasteiger charge is 2.43. The molecule has 3 nitrogen and oxygen atoms in total. The van der Waals surface area contributed by atoms with E-state index in [0.717, 1.165) is 0 Å². The maximum Gasteiger partial charge on any atom is 0.151 e. The molecule has 0 saturated carbocycles. The van der Waals surface area contributed by atoms with Gasteiger partial charge in [-0.1, -0.05) is 20.8 Å². The number of hydrogen-bond donors (Lipinski definition) is 0. The van der Waals surface area contributed by atoms with Crippen molar-refractivity contribution < 1.29 is 14.3 Å². The van der Waals surface area contributed by atoms with Crippen LogP contribution in [-0.4, -0.2) is 25.3 Å². The average Bonchev–Trinajstić information content (AvgIpc) is 2.11. The third-order valence-electron chi connectivity index (χ3n) is 2.77. The molecule has 0 aromatic rings. The SMILES string of the molecule is COCCC(C)(C(C)=O)C(=O)C(C)(C)C. The van der Waals surface area contributed by atoms with Crippen molar-refractivity contribution in [3.8, 4) is 0 Å². The van der Waals surface area contributed by atoms with Crippen molar-refractivity contribution in [3.63, 3.8) is 0 Å². The molecule has 0 rings (SSSR count). The van der Waals surface area contributed by atoms with E-state index in [0.29, 0.717) is 13.0 Å². The second kappa shape index (κ2) is 4.88. The first kappa shape index (κ1) is 14.3. The fraction of sp³-hybridized carbons (Fsp3) is 0.833. The van der Waals surface area contributed by atoms with E-state index in [-0.39, 0.29) is 11.6 Å². The molecule has 0 amide bonds. The van der Waals surface area contributed by atoms with Crippen molar-refractivity contribution >= 4 is 11.6 Å². The summed E-state index contributed by atoms with van der Waals surface area (Å²) in [7, 11) is 1.57. The lowest BCUT2D eigenvalue weighted by molar-refractivity contribution is -0.145. The second-order valence-electron chi connectivity index (χ2n) is 5.21. The molecule has 0 heterocycles. The number of carbonyl (C=O) groups is 2. The highest BCUT2D eigenvalue weighted by molar-refractivity contribution is 6.07. The highest BCUT2D eigenvalue weighted by Crippen LogP contribution is 2.33. The normalized spacial score (nSPS) is 15.9. The molecule has 3 heteroatoms. The molecule has 1 unspecified atom stereocenters. The van der Waals surface area contributed by atoms with Crippen LogP contribution in [-0.2, 0) is 14.3 Å². The average molecular weight is 214 g/mol. The molecule has 0 radical (unpaired) electrons. The van der Waals surface area contributed by atoms with Gasteiger partial charge in [-0.2, -0.15) is 0 Å². The number of ether oxygens (including phenoxy) is 1. The van der Waals surface area contributed by atoms with E-state index < -0.39 is 10.8 Å². The lowest BCUT2D eigenvalue weighted by Crippen LogP contribution is -2.42. The Morgan fingerprint density at radius 2 is 1.60 bits per heavy atom. The predicted octanol–water partition coefficient (Wildman–Crippen LogP) is 2.23. The van der Waals surface area contributed by atoms with Gasteiger partial charge in [0, 0.05) is 19.1 Å². The largest absolute Gasteiger partial charge is 0.385 e. The van der Waals surface area contributed by atoms with Crippen molar-refractivity contribution in [1.82, 2.24) is 0 Å². The molecule has 0 spiro atoms. The van der Waals surface area contributed by atoms with Gasteiger partial charge in [-0.15, -0.1) is 0 Å². The van der Waals surface area contributed by atoms with Gasteiger partial charge < -0.3 is 4.74 Å². The number of hydrogen-bond acceptors (Lipinski definition) is 3. The van der Waals surface area contributed by atoms with Gasteiger partial charge in [-0.3, -0.25) is 9.59 Å². The zero-order chi connectivity index (χ0) is 12.3. The molecular weight excluding hydrogens is 192 g/mol. The fourth-order valence-electron chi connectivity index (χ4n) is 1.58. The first-order valence-electron chi connectivity index (χ1n) is 5.21. The highest BCUT2D eigenvalue weighted by atomic mass is 16.5. The molecule has 0 aromatic heterocycles. The smallest absolute Gasteiger partial charge is 0.151 e. The van der Waals surface area contributed by atoms with E-state index in [1.54, 1.807) is 14.0 Å². The Balaban J connectivity index is 4.95. The molecule has 0 aliphatic rings. The minimum atomic E-state index is -0.908. The first-order valence-corrected chi connectivity index (χ1v) is 5.21. The molecule has 0 saturated heterocycles. The number of carbonyl (C=O) groups excluding carboxylic acids is 2. The van der Waals surface area contributed by atoms with Gasteiger partial charge >= 0.3 is 0 Å². The van der Waals surface area contributed by atoms with E-state index in [4.69, 9.17) is 4.74 Å². The monoisotopic (exact) mass is 214 g/mol. The van der Waals surface area contributed by atoms with Crippen LogP contribution in [0.3, 0.4) is 0 Å². The summed E-state index contributed by atoms with van der Waals surface area (Å²) in [5, 5.41) is 0. The zero-order valence-corrected chi connectivity index (χ0v) is 10.6. The number of rotatable bonds is 5. The summed E-state index contributed by atoms with van der Waals surface area (Å²) in [5.41, 5.74) is -1.40. The van der Waals surface area contributed by atoms with Crippen LogP contribution in [0.5, 0.6) is 0 Å². The Bertz CT molecular complexity index is 250. The topological polar surface area (TPSA) is 43.4 Å². The van der Waals surface area contributed by atoms with E-state index >= 15 is 0 Å². The standard InChI is InChI=1S/C12H22O3/c1-9(13)12(5,7-8-15-6)10(14)11(2,3)4/h7-8H2,1-6H3. The van der Waals surface area contributed by atoms with Crippen LogP contribution in [0.2, 0.25) is 0 Å². The van der Waals surface area contributed by atoms with Crippen molar-refractivity contribution in [3.05, 3.63) is 0 Å². The summed E-state index contributed by atoms with van der Waals surface area (Å²) >= 11 is 0. The van der Waals surface area contributed by atoms with Crippen LogP contribution < -0.4 is 0 Å². The molecule has 15 heavy (non-hydrogen) atoms. The van der Waals surface area contributed by atoms with Gasteiger partial charge in [0.2, 0.25) is 0 Å². The quantitative estimate of drug-likeness (QED) is 0.659. The Morgan fingerprint density at radius 1 is 1.13 bits per heavy atom. The maximum atomic E-state index is 12.2.